The van der Waals surface area contributed by atoms with E-state index in [4.69, 9.17) is 11.6 Å². The van der Waals surface area contributed by atoms with Crippen molar-refractivity contribution in [3.05, 3.63) is 65.2 Å². The van der Waals surface area contributed by atoms with Gasteiger partial charge in [0.2, 0.25) is 0 Å². The minimum Gasteiger partial charge on any atom is -0.272 e. The Bertz CT molecular complexity index is 673. The van der Waals surface area contributed by atoms with Gasteiger partial charge in [-0.25, -0.2) is 5.01 Å². The van der Waals surface area contributed by atoms with Crippen LogP contribution in [0.1, 0.15) is 11.5 Å². The monoisotopic (exact) mass is 286 g/mol. The van der Waals surface area contributed by atoms with Crippen LogP contribution in [0, 0.1) is 0 Å². The summed E-state index contributed by atoms with van der Waals surface area (Å²) in [6.45, 7) is 0. The quantitative estimate of drug-likeness (QED) is 0.863. The zero-order valence-electron chi connectivity index (χ0n) is 10.4. The van der Waals surface area contributed by atoms with Crippen LogP contribution in [0.2, 0.25) is 5.02 Å². The van der Waals surface area contributed by atoms with Crippen molar-refractivity contribution in [2.75, 3.05) is 5.01 Å². The van der Waals surface area contributed by atoms with Gasteiger partial charge in [-0.1, -0.05) is 48.0 Å². The Morgan fingerprint density at radius 1 is 1.00 bits per heavy atom. The molecule has 2 aromatic carbocycles. The largest absolute Gasteiger partial charge is 0.272 e. The number of benzene rings is 2. The van der Waals surface area contributed by atoms with Gasteiger partial charge in [0.15, 0.2) is 0 Å². The molecule has 1 fully saturated rings. The fourth-order valence-corrected chi connectivity index (χ4v) is 2.40. The Morgan fingerprint density at radius 2 is 1.75 bits per heavy atom. The molecule has 5 heteroatoms. The maximum absolute atomic E-state index is 12.4. The van der Waals surface area contributed by atoms with Crippen molar-refractivity contribution in [3.63, 3.8) is 0 Å². The molecule has 100 valence electrons. The summed E-state index contributed by atoms with van der Waals surface area (Å²) < 4.78 is 0. The second-order valence-electron chi connectivity index (χ2n) is 4.47. The molecule has 2 aromatic rings. The molecule has 0 saturated carbocycles. The maximum Gasteiger partial charge on any atom is 0.262 e. The molecular weight excluding hydrogens is 276 g/mol. The number of amides is 2. The normalized spacial score (nSPS) is 18.2. The van der Waals surface area contributed by atoms with E-state index >= 15 is 0 Å². The number of carbonyl (C=O) groups excluding carboxylic acids is 2. The zero-order chi connectivity index (χ0) is 14.1. The predicted octanol–water partition coefficient (Wildman–Crippen LogP) is 2.50. The first kappa shape index (κ1) is 12.7. The Morgan fingerprint density at radius 3 is 2.45 bits per heavy atom. The minimum absolute atomic E-state index is 0.302. The molecule has 1 heterocycles. The van der Waals surface area contributed by atoms with Gasteiger partial charge >= 0.3 is 0 Å². The van der Waals surface area contributed by atoms with Crippen LogP contribution < -0.4 is 10.4 Å². The van der Waals surface area contributed by atoms with E-state index in [1.54, 1.807) is 48.5 Å². The molecule has 0 spiro atoms. The fraction of sp³-hybridized carbons (Fsp3) is 0.0667. The highest BCUT2D eigenvalue weighted by Crippen LogP contribution is 2.28. The predicted molar refractivity (Wildman–Crippen MR) is 76.3 cm³/mol. The summed E-state index contributed by atoms with van der Waals surface area (Å²) in [6.07, 6.45) is 0. The molecule has 1 aliphatic heterocycles. The average Bonchev–Trinajstić information content (AvgIpc) is 2.75. The number of hydrazine groups is 1. The van der Waals surface area contributed by atoms with Crippen LogP contribution >= 0.6 is 11.6 Å². The molecule has 0 aromatic heterocycles. The highest BCUT2D eigenvalue weighted by atomic mass is 35.5. The second-order valence-corrected chi connectivity index (χ2v) is 4.91. The molecule has 4 nitrogen and oxygen atoms in total. The topological polar surface area (TPSA) is 49.4 Å². The van der Waals surface area contributed by atoms with Gasteiger partial charge in [0.25, 0.3) is 11.8 Å². The van der Waals surface area contributed by atoms with Gasteiger partial charge in [-0.2, -0.15) is 0 Å². The average molecular weight is 287 g/mol. The summed E-state index contributed by atoms with van der Waals surface area (Å²) in [5.41, 5.74) is 3.81. The standard InChI is InChI=1S/C15H11ClN2O2/c16-11-7-4-8-12(9-11)18-15(20)13(14(19)17-18)10-5-2-1-3-6-10/h1-9,13H,(H,17,19). The van der Waals surface area contributed by atoms with E-state index in [9.17, 15) is 9.59 Å². The maximum atomic E-state index is 12.4. The molecule has 1 aliphatic rings. The van der Waals surface area contributed by atoms with Crippen LogP contribution in [0.5, 0.6) is 0 Å². The molecule has 2 amide bonds. The SMILES string of the molecule is O=C1NN(c2cccc(Cl)c2)C(=O)C1c1ccccc1. The fourth-order valence-electron chi connectivity index (χ4n) is 2.22. The van der Waals surface area contributed by atoms with Crippen molar-refractivity contribution in [1.82, 2.24) is 5.43 Å². The first-order valence-corrected chi connectivity index (χ1v) is 6.49. The Labute approximate surface area is 120 Å². The molecular formula is C15H11ClN2O2. The van der Waals surface area contributed by atoms with Crippen LogP contribution in [-0.4, -0.2) is 11.8 Å². The number of carbonyl (C=O) groups is 2. The highest BCUT2D eigenvalue weighted by Gasteiger charge is 2.40. The highest BCUT2D eigenvalue weighted by molar-refractivity contribution is 6.31. The van der Waals surface area contributed by atoms with Crippen molar-refractivity contribution < 1.29 is 9.59 Å². The number of anilines is 1. The number of nitrogens with zero attached hydrogens (tertiary/aromatic N) is 1. The molecule has 1 unspecified atom stereocenters. The van der Waals surface area contributed by atoms with Crippen LogP contribution in [0.15, 0.2) is 54.6 Å². The summed E-state index contributed by atoms with van der Waals surface area (Å²) in [4.78, 5) is 24.5. The van der Waals surface area contributed by atoms with Crippen LogP contribution in [0.4, 0.5) is 5.69 Å². The Hall–Kier alpha value is -2.33. The van der Waals surface area contributed by atoms with E-state index in [0.717, 1.165) is 0 Å². The summed E-state index contributed by atoms with van der Waals surface area (Å²) >= 11 is 5.91. The van der Waals surface area contributed by atoms with Gasteiger partial charge in [-0.15, -0.1) is 0 Å². The third-order valence-electron chi connectivity index (χ3n) is 3.15. The Balaban J connectivity index is 1.95. The number of rotatable bonds is 2. The lowest BCUT2D eigenvalue weighted by Gasteiger charge is -2.15. The minimum atomic E-state index is -0.810. The van der Waals surface area contributed by atoms with E-state index in [1.165, 1.54) is 5.01 Å². The van der Waals surface area contributed by atoms with Gasteiger partial charge in [0, 0.05) is 5.02 Å². The second kappa shape index (κ2) is 4.98. The smallest absolute Gasteiger partial charge is 0.262 e. The summed E-state index contributed by atoms with van der Waals surface area (Å²) in [7, 11) is 0. The van der Waals surface area contributed by atoms with Crippen LogP contribution in [-0.2, 0) is 9.59 Å². The third-order valence-corrected chi connectivity index (χ3v) is 3.39. The lowest BCUT2D eigenvalue weighted by atomic mass is 9.99. The van der Waals surface area contributed by atoms with E-state index in [-0.39, 0.29) is 11.8 Å². The molecule has 1 N–H and O–H groups in total. The van der Waals surface area contributed by atoms with Gasteiger partial charge in [0.05, 0.1) is 5.69 Å². The van der Waals surface area contributed by atoms with E-state index in [2.05, 4.69) is 5.43 Å². The molecule has 0 bridgehead atoms. The van der Waals surface area contributed by atoms with Crippen molar-refractivity contribution in [2.45, 2.75) is 5.92 Å². The van der Waals surface area contributed by atoms with Crippen LogP contribution in [0.3, 0.4) is 0 Å². The Kier molecular flexibility index (Phi) is 3.16. The molecule has 0 radical (unpaired) electrons. The van der Waals surface area contributed by atoms with E-state index in [0.29, 0.717) is 16.3 Å². The number of hydrogen-bond donors (Lipinski definition) is 1. The van der Waals surface area contributed by atoms with Gasteiger partial charge in [0.1, 0.15) is 5.92 Å². The lowest BCUT2D eigenvalue weighted by molar-refractivity contribution is -0.124. The third kappa shape index (κ3) is 2.14. The summed E-state index contributed by atoms with van der Waals surface area (Å²) in [5.74, 6) is -1.44. The van der Waals surface area contributed by atoms with Gasteiger partial charge in [-0.3, -0.25) is 15.0 Å². The van der Waals surface area contributed by atoms with Crippen molar-refractivity contribution in [2.24, 2.45) is 0 Å². The first-order chi connectivity index (χ1) is 9.66. The zero-order valence-corrected chi connectivity index (χ0v) is 11.2. The first-order valence-electron chi connectivity index (χ1n) is 6.12. The van der Waals surface area contributed by atoms with Crippen molar-refractivity contribution in [3.8, 4) is 0 Å². The van der Waals surface area contributed by atoms with E-state index < -0.39 is 5.92 Å². The van der Waals surface area contributed by atoms with Gasteiger partial charge in [-0.05, 0) is 23.8 Å². The van der Waals surface area contributed by atoms with Crippen molar-refractivity contribution >= 4 is 29.1 Å². The molecule has 3 rings (SSSR count). The molecule has 0 aliphatic carbocycles. The number of halogens is 1. The molecule has 20 heavy (non-hydrogen) atoms. The van der Waals surface area contributed by atoms with E-state index in [1.807, 2.05) is 6.07 Å². The van der Waals surface area contributed by atoms with Crippen molar-refractivity contribution in [1.29, 1.82) is 0 Å². The lowest BCUT2D eigenvalue weighted by Crippen LogP contribution is -2.35. The molecule has 1 saturated heterocycles. The van der Waals surface area contributed by atoms with Gasteiger partial charge < -0.3 is 0 Å². The summed E-state index contributed by atoms with van der Waals surface area (Å²) in [6, 6.07) is 15.8. The van der Waals surface area contributed by atoms with Crippen LogP contribution in [0.25, 0.3) is 0 Å². The molecule has 1 atom stereocenters. The number of hydrogen-bond acceptors (Lipinski definition) is 2. The number of nitrogens with one attached hydrogen (secondary N) is 1. The summed E-state index contributed by atoms with van der Waals surface area (Å²) in [5, 5.41) is 1.75.